The van der Waals surface area contributed by atoms with Crippen molar-refractivity contribution in [2.24, 2.45) is 0 Å². The Labute approximate surface area is 116 Å². The fourth-order valence-corrected chi connectivity index (χ4v) is 1.91. The van der Waals surface area contributed by atoms with Gasteiger partial charge < -0.3 is 0 Å². The fraction of sp³-hybridized carbons (Fsp3) is 0.0714. The molecule has 6 heteroatoms. The highest BCUT2D eigenvalue weighted by Crippen LogP contribution is 2.24. The highest BCUT2D eigenvalue weighted by molar-refractivity contribution is 6.35. The topological polar surface area (TPSA) is 17.1 Å². The normalized spacial score (nSPS) is 10.7. The molecule has 0 atom stereocenters. The molecule has 0 aliphatic heterocycles. The molecule has 1 nitrogen and oxygen atoms in total. The minimum atomic E-state index is -1.66. The van der Waals surface area contributed by atoms with Crippen LogP contribution in [0, 0.1) is 30.2 Å². The van der Waals surface area contributed by atoms with Crippen molar-refractivity contribution in [1.82, 2.24) is 0 Å². The summed E-state index contributed by atoms with van der Waals surface area (Å²) in [7, 11) is 0. The summed E-state index contributed by atoms with van der Waals surface area (Å²) in [5.74, 6) is -6.06. The Hall–Kier alpha value is -1.88. The molecule has 0 aliphatic carbocycles. The molecular formula is C14H7ClF4O. The number of halogens is 5. The van der Waals surface area contributed by atoms with Crippen LogP contribution in [0.3, 0.4) is 0 Å². The number of carbonyl (C=O) groups is 1. The molecule has 0 fully saturated rings. The van der Waals surface area contributed by atoms with Gasteiger partial charge in [0.2, 0.25) is 0 Å². The Kier molecular flexibility index (Phi) is 3.81. The second-order valence-electron chi connectivity index (χ2n) is 4.16. The summed E-state index contributed by atoms with van der Waals surface area (Å²) < 4.78 is 52.3. The Balaban J connectivity index is 2.55. The number of aryl methyl sites for hydroxylation is 1. The molecule has 2 aromatic carbocycles. The molecule has 0 N–H and O–H groups in total. The molecule has 0 aromatic heterocycles. The number of benzene rings is 2. The van der Waals surface area contributed by atoms with E-state index in [2.05, 4.69) is 0 Å². The molecule has 2 rings (SSSR count). The second-order valence-corrected chi connectivity index (χ2v) is 4.57. The van der Waals surface area contributed by atoms with Crippen LogP contribution >= 0.6 is 11.6 Å². The third kappa shape index (κ3) is 2.54. The molecule has 0 amide bonds. The summed E-state index contributed by atoms with van der Waals surface area (Å²) in [5, 5.41) is -0.191. The Morgan fingerprint density at radius 2 is 1.50 bits per heavy atom. The molecule has 0 heterocycles. The molecular weight excluding hydrogens is 296 g/mol. The summed E-state index contributed by atoms with van der Waals surface area (Å²) in [6.45, 7) is 1.41. The molecule has 0 radical (unpaired) electrons. The predicted molar refractivity (Wildman–Crippen MR) is 65.9 cm³/mol. The van der Waals surface area contributed by atoms with Gasteiger partial charge in [0, 0.05) is 11.1 Å². The standard InChI is InChI=1S/C14H7ClF4O/c1-6-2-8(9(15)5-10(6)16)14(20)7-3-11(17)13(19)12(18)4-7/h2-5H,1H3. The minimum absolute atomic E-state index is 0.115. The summed E-state index contributed by atoms with van der Waals surface area (Å²) in [4.78, 5) is 12.1. The molecule has 0 saturated heterocycles. The second kappa shape index (κ2) is 5.25. The Morgan fingerprint density at radius 1 is 0.950 bits per heavy atom. The van der Waals surface area contributed by atoms with Crippen LogP contribution in [0.15, 0.2) is 24.3 Å². The third-order valence-electron chi connectivity index (χ3n) is 2.74. The molecule has 0 bridgehead atoms. The number of hydrogen-bond donors (Lipinski definition) is 0. The van der Waals surface area contributed by atoms with Gasteiger partial charge in [-0.1, -0.05) is 11.6 Å². The van der Waals surface area contributed by atoms with Gasteiger partial charge in [-0.2, -0.15) is 0 Å². The van der Waals surface area contributed by atoms with Gasteiger partial charge in [-0.15, -0.1) is 0 Å². The summed E-state index contributed by atoms with van der Waals surface area (Å²) in [5.41, 5.74) is -0.369. The lowest BCUT2D eigenvalue weighted by Gasteiger charge is -2.07. The van der Waals surface area contributed by atoms with Gasteiger partial charge in [0.1, 0.15) is 5.82 Å². The van der Waals surface area contributed by atoms with E-state index < -0.39 is 34.6 Å². The zero-order chi connectivity index (χ0) is 15.0. The molecule has 20 heavy (non-hydrogen) atoms. The van der Waals surface area contributed by atoms with E-state index in [4.69, 9.17) is 11.6 Å². The van der Waals surface area contributed by atoms with Crippen LogP contribution in [0.25, 0.3) is 0 Å². The van der Waals surface area contributed by atoms with E-state index in [0.29, 0.717) is 12.1 Å². The van der Waals surface area contributed by atoms with Gasteiger partial charge in [0.25, 0.3) is 0 Å². The van der Waals surface area contributed by atoms with Crippen molar-refractivity contribution in [2.45, 2.75) is 6.92 Å². The van der Waals surface area contributed by atoms with Crippen molar-refractivity contribution in [3.8, 4) is 0 Å². The number of ketones is 1. The van der Waals surface area contributed by atoms with E-state index in [-0.39, 0.29) is 16.1 Å². The zero-order valence-corrected chi connectivity index (χ0v) is 10.9. The smallest absolute Gasteiger partial charge is 0.194 e. The average Bonchev–Trinajstić information content (AvgIpc) is 2.38. The van der Waals surface area contributed by atoms with Gasteiger partial charge in [0.15, 0.2) is 23.2 Å². The van der Waals surface area contributed by atoms with Gasteiger partial charge >= 0.3 is 0 Å². The lowest BCUT2D eigenvalue weighted by atomic mass is 10.0. The average molecular weight is 303 g/mol. The predicted octanol–water partition coefficient (Wildman–Crippen LogP) is 4.44. The van der Waals surface area contributed by atoms with Gasteiger partial charge in [-0.3, -0.25) is 4.79 Å². The first-order valence-electron chi connectivity index (χ1n) is 5.46. The van der Waals surface area contributed by atoms with Crippen molar-refractivity contribution in [2.75, 3.05) is 0 Å². The molecule has 0 unspecified atom stereocenters. The molecule has 0 aliphatic rings. The van der Waals surface area contributed by atoms with E-state index in [0.717, 1.165) is 6.07 Å². The van der Waals surface area contributed by atoms with Crippen LogP contribution < -0.4 is 0 Å². The maximum atomic E-state index is 13.2. The van der Waals surface area contributed by atoms with E-state index in [1.54, 1.807) is 0 Å². The maximum absolute atomic E-state index is 13.2. The van der Waals surface area contributed by atoms with E-state index in [1.807, 2.05) is 0 Å². The van der Waals surface area contributed by atoms with Crippen molar-refractivity contribution >= 4 is 17.4 Å². The molecule has 104 valence electrons. The van der Waals surface area contributed by atoms with Crippen molar-refractivity contribution < 1.29 is 22.4 Å². The number of rotatable bonds is 2. The summed E-state index contributed by atoms with van der Waals surface area (Å²) in [6.07, 6.45) is 0. The van der Waals surface area contributed by atoms with Crippen molar-refractivity contribution in [3.63, 3.8) is 0 Å². The minimum Gasteiger partial charge on any atom is -0.289 e. The van der Waals surface area contributed by atoms with Crippen LogP contribution in [-0.4, -0.2) is 5.78 Å². The molecule has 2 aromatic rings. The van der Waals surface area contributed by atoms with Gasteiger partial charge in [-0.25, -0.2) is 17.6 Å². The van der Waals surface area contributed by atoms with Crippen molar-refractivity contribution in [1.29, 1.82) is 0 Å². The lowest BCUT2D eigenvalue weighted by molar-refractivity contribution is 0.103. The molecule has 0 saturated carbocycles. The third-order valence-corrected chi connectivity index (χ3v) is 3.05. The van der Waals surface area contributed by atoms with Gasteiger partial charge in [0.05, 0.1) is 5.02 Å². The van der Waals surface area contributed by atoms with Crippen molar-refractivity contribution in [3.05, 3.63) is 69.2 Å². The van der Waals surface area contributed by atoms with E-state index in [1.165, 1.54) is 13.0 Å². The maximum Gasteiger partial charge on any atom is 0.194 e. The summed E-state index contributed by atoms with van der Waals surface area (Å²) >= 11 is 5.73. The Morgan fingerprint density at radius 3 is 2.05 bits per heavy atom. The first kappa shape index (κ1) is 14.5. The van der Waals surface area contributed by atoms with Crippen LogP contribution in [0.5, 0.6) is 0 Å². The molecule has 0 spiro atoms. The first-order chi connectivity index (χ1) is 9.31. The van der Waals surface area contributed by atoms with Crippen LogP contribution in [-0.2, 0) is 0 Å². The monoisotopic (exact) mass is 302 g/mol. The van der Waals surface area contributed by atoms with Crippen LogP contribution in [0.2, 0.25) is 5.02 Å². The first-order valence-corrected chi connectivity index (χ1v) is 5.84. The highest BCUT2D eigenvalue weighted by atomic mass is 35.5. The zero-order valence-electron chi connectivity index (χ0n) is 10.1. The van der Waals surface area contributed by atoms with Gasteiger partial charge in [-0.05, 0) is 36.8 Å². The SMILES string of the molecule is Cc1cc(C(=O)c2cc(F)c(F)c(F)c2)c(Cl)cc1F. The fourth-order valence-electron chi connectivity index (χ4n) is 1.67. The Bertz CT molecular complexity index is 690. The quantitative estimate of drug-likeness (QED) is 0.455. The number of carbonyl (C=O) groups excluding carboxylic acids is 1. The highest BCUT2D eigenvalue weighted by Gasteiger charge is 2.19. The van der Waals surface area contributed by atoms with Crippen LogP contribution in [0.4, 0.5) is 17.6 Å². The van der Waals surface area contributed by atoms with Crippen LogP contribution in [0.1, 0.15) is 21.5 Å². The van der Waals surface area contributed by atoms with E-state index >= 15 is 0 Å². The number of hydrogen-bond acceptors (Lipinski definition) is 1. The lowest BCUT2D eigenvalue weighted by Crippen LogP contribution is -2.06. The largest absolute Gasteiger partial charge is 0.289 e. The summed E-state index contributed by atoms with van der Waals surface area (Å²) in [6, 6.07) is 3.23. The van der Waals surface area contributed by atoms with E-state index in [9.17, 15) is 22.4 Å².